The summed E-state index contributed by atoms with van der Waals surface area (Å²) in [7, 11) is 0. The molecular formula is C8H13N5O3. The summed E-state index contributed by atoms with van der Waals surface area (Å²) in [5.74, 6) is 3.55. The maximum atomic E-state index is 10.1. The lowest BCUT2D eigenvalue weighted by Gasteiger charge is -1.95. The van der Waals surface area contributed by atoms with Crippen LogP contribution in [0.1, 0.15) is 10.4 Å². The summed E-state index contributed by atoms with van der Waals surface area (Å²) in [6, 6.07) is 3.88. The lowest BCUT2D eigenvalue weighted by atomic mass is 10.2. The summed E-state index contributed by atoms with van der Waals surface area (Å²) < 4.78 is 0. The Morgan fingerprint density at radius 2 is 1.81 bits per heavy atom. The summed E-state index contributed by atoms with van der Waals surface area (Å²) in [6.45, 7) is 0. The quantitative estimate of drug-likeness (QED) is 0.107. The molecule has 0 radical (unpaired) electrons. The highest BCUT2D eigenvalue weighted by Crippen LogP contribution is 2.23. The Balaban J connectivity index is 0.000000181. The van der Waals surface area contributed by atoms with Gasteiger partial charge in [-0.05, 0) is 18.2 Å². The second-order valence-corrected chi connectivity index (χ2v) is 3.17. The zero-order chi connectivity index (χ0) is 12.3. The van der Waals surface area contributed by atoms with Gasteiger partial charge >= 0.3 is 0 Å². The second-order valence-electron chi connectivity index (χ2n) is 3.17. The fraction of sp³-hybridized carbons (Fsp3) is 0.125. The summed E-state index contributed by atoms with van der Waals surface area (Å²) in [5, 5.41) is 18.7. The van der Waals surface area contributed by atoms with E-state index in [1.165, 1.54) is 18.2 Å². The third-order valence-electron chi connectivity index (χ3n) is 1.78. The number of nitrogens with two attached hydrogens (primary N) is 3. The number of aldehydes is 1. The van der Waals surface area contributed by atoms with E-state index in [0.717, 1.165) is 5.12 Å². The van der Waals surface area contributed by atoms with E-state index in [-0.39, 0.29) is 11.5 Å². The fourth-order valence-corrected chi connectivity index (χ4v) is 0.782. The first-order chi connectivity index (χ1) is 7.36. The van der Waals surface area contributed by atoms with Gasteiger partial charge in [-0.1, -0.05) is 0 Å². The number of aromatic hydroxyl groups is 2. The van der Waals surface area contributed by atoms with Crippen LogP contribution in [0.15, 0.2) is 18.2 Å². The van der Waals surface area contributed by atoms with Crippen LogP contribution in [0.25, 0.3) is 0 Å². The lowest BCUT2D eigenvalue weighted by molar-refractivity contribution is 0.112. The van der Waals surface area contributed by atoms with Crippen LogP contribution < -0.4 is 22.7 Å². The van der Waals surface area contributed by atoms with Crippen molar-refractivity contribution in [3.05, 3.63) is 23.8 Å². The summed E-state index contributed by atoms with van der Waals surface area (Å²) in [6.07, 6.45) is 0.596. The molecule has 1 aliphatic rings. The maximum Gasteiger partial charge on any atom is 0.219 e. The Morgan fingerprint density at radius 1 is 1.31 bits per heavy atom. The van der Waals surface area contributed by atoms with Crippen LogP contribution in [0, 0.1) is 0 Å². The van der Waals surface area contributed by atoms with Crippen molar-refractivity contribution in [2.75, 3.05) is 0 Å². The number of nitrogens with one attached hydrogen (secondary N) is 1. The van der Waals surface area contributed by atoms with E-state index in [2.05, 4.69) is 5.43 Å². The van der Waals surface area contributed by atoms with Gasteiger partial charge in [-0.2, -0.15) is 5.43 Å². The number of phenolic OH excluding ortho intramolecular Hbond substituents is 2. The van der Waals surface area contributed by atoms with E-state index in [1.54, 1.807) is 0 Å². The molecule has 9 N–H and O–H groups in total. The van der Waals surface area contributed by atoms with Crippen LogP contribution in [0.5, 0.6) is 11.5 Å². The van der Waals surface area contributed by atoms with Gasteiger partial charge in [0.2, 0.25) is 5.91 Å². The summed E-state index contributed by atoms with van der Waals surface area (Å²) in [4.78, 5) is 10.1. The SMILES string of the molecule is NN1NC1(N)N.O=Cc1ccc(O)c(O)c1. The third-order valence-corrected chi connectivity index (χ3v) is 1.78. The van der Waals surface area contributed by atoms with Crippen molar-refractivity contribution in [1.29, 1.82) is 0 Å². The molecule has 0 aliphatic carbocycles. The topological polar surface area (TPSA) is 161 Å². The van der Waals surface area contributed by atoms with Gasteiger partial charge in [0.25, 0.3) is 0 Å². The van der Waals surface area contributed by atoms with E-state index < -0.39 is 5.91 Å². The van der Waals surface area contributed by atoms with Crippen LogP contribution in [0.4, 0.5) is 0 Å². The van der Waals surface area contributed by atoms with Crippen molar-refractivity contribution in [1.82, 2.24) is 10.5 Å². The number of benzene rings is 1. The van der Waals surface area contributed by atoms with Gasteiger partial charge in [-0.25, -0.2) is 0 Å². The third kappa shape index (κ3) is 3.15. The van der Waals surface area contributed by atoms with E-state index in [0.29, 0.717) is 11.8 Å². The maximum absolute atomic E-state index is 10.1. The Morgan fingerprint density at radius 3 is 2.12 bits per heavy atom. The molecule has 1 saturated heterocycles. The highest BCUT2D eigenvalue weighted by atomic mass is 16.3. The molecule has 2 rings (SSSR count). The van der Waals surface area contributed by atoms with Crippen LogP contribution in [0.2, 0.25) is 0 Å². The molecule has 16 heavy (non-hydrogen) atoms. The largest absolute Gasteiger partial charge is 0.504 e. The minimum atomic E-state index is -0.931. The Kier molecular flexibility index (Phi) is 3.42. The van der Waals surface area contributed by atoms with Gasteiger partial charge in [-0.15, -0.1) is 5.12 Å². The van der Waals surface area contributed by atoms with Crippen LogP contribution >= 0.6 is 0 Å². The zero-order valence-electron chi connectivity index (χ0n) is 8.29. The highest BCUT2D eigenvalue weighted by molar-refractivity contribution is 5.76. The average Bonchev–Trinajstić information content (AvgIpc) is 2.77. The molecule has 0 saturated carbocycles. The van der Waals surface area contributed by atoms with Crippen LogP contribution in [-0.4, -0.2) is 27.5 Å². The van der Waals surface area contributed by atoms with Crippen molar-refractivity contribution >= 4 is 6.29 Å². The normalized spacial score (nSPS) is 20.6. The summed E-state index contributed by atoms with van der Waals surface area (Å²) in [5.41, 5.74) is 12.9. The zero-order valence-corrected chi connectivity index (χ0v) is 8.29. The van der Waals surface area contributed by atoms with E-state index in [9.17, 15) is 4.79 Å². The Labute approximate surface area is 91.2 Å². The molecule has 1 aromatic rings. The molecule has 0 bridgehead atoms. The molecule has 0 spiro atoms. The molecule has 1 aromatic carbocycles. The van der Waals surface area contributed by atoms with E-state index >= 15 is 0 Å². The van der Waals surface area contributed by atoms with Crippen molar-refractivity contribution in [3.63, 3.8) is 0 Å². The minimum Gasteiger partial charge on any atom is -0.504 e. The van der Waals surface area contributed by atoms with Gasteiger partial charge < -0.3 is 10.2 Å². The number of phenols is 2. The Bertz CT molecular complexity index is 395. The average molecular weight is 227 g/mol. The molecular weight excluding hydrogens is 214 g/mol. The van der Waals surface area contributed by atoms with Crippen molar-refractivity contribution in [2.24, 2.45) is 17.3 Å². The Hall–Kier alpha value is -1.71. The van der Waals surface area contributed by atoms with Gasteiger partial charge in [0, 0.05) is 5.56 Å². The van der Waals surface area contributed by atoms with Crippen molar-refractivity contribution < 1.29 is 15.0 Å². The second kappa shape index (κ2) is 4.43. The van der Waals surface area contributed by atoms with Gasteiger partial charge in [-0.3, -0.25) is 22.1 Å². The number of carbonyl (C=O) groups is 1. The van der Waals surface area contributed by atoms with Gasteiger partial charge in [0.05, 0.1) is 0 Å². The fourth-order valence-electron chi connectivity index (χ4n) is 0.782. The predicted octanol–water partition coefficient (Wildman–Crippen LogP) is -1.88. The number of hydrazine groups is 2. The first kappa shape index (κ1) is 12.4. The molecule has 0 aromatic heterocycles. The monoisotopic (exact) mass is 227 g/mol. The number of carbonyl (C=O) groups excluding carboxylic acids is 1. The first-order valence-corrected chi connectivity index (χ1v) is 4.24. The number of hydrogen-bond donors (Lipinski definition) is 6. The van der Waals surface area contributed by atoms with Crippen molar-refractivity contribution in [2.45, 2.75) is 5.91 Å². The van der Waals surface area contributed by atoms with Gasteiger partial charge in [0.15, 0.2) is 11.5 Å². The molecule has 8 nitrogen and oxygen atoms in total. The molecule has 0 amide bonds. The smallest absolute Gasteiger partial charge is 0.219 e. The van der Waals surface area contributed by atoms with E-state index in [4.69, 9.17) is 27.5 Å². The van der Waals surface area contributed by atoms with E-state index in [1.807, 2.05) is 0 Å². The minimum absolute atomic E-state index is 0.217. The van der Waals surface area contributed by atoms with Crippen molar-refractivity contribution in [3.8, 4) is 11.5 Å². The predicted molar refractivity (Wildman–Crippen MR) is 55.4 cm³/mol. The van der Waals surface area contributed by atoms with Crippen LogP contribution in [0.3, 0.4) is 0 Å². The molecule has 1 heterocycles. The molecule has 1 fully saturated rings. The van der Waals surface area contributed by atoms with Crippen LogP contribution in [-0.2, 0) is 0 Å². The first-order valence-electron chi connectivity index (χ1n) is 4.24. The molecule has 1 unspecified atom stereocenters. The van der Waals surface area contributed by atoms with Gasteiger partial charge in [0.1, 0.15) is 6.29 Å². The lowest BCUT2D eigenvalue weighted by Crippen LogP contribution is -2.42. The number of nitrogens with zero attached hydrogens (tertiary/aromatic N) is 1. The number of rotatable bonds is 1. The molecule has 1 aliphatic heterocycles. The highest BCUT2D eigenvalue weighted by Gasteiger charge is 2.42. The number of hydrogen-bond acceptors (Lipinski definition) is 8. The molecule has 88 valence electrons. The standard InChI is InChI=1S/C7H6O3.CH7N5/c8-4-5-1-2-6(9)7(10)3-5;2-1(3)5-6(1)4/h1-4,9-10H;5H,2-4H2. The summed E-state index contributed by atoms with van der Waals surface area (Å²) >= 11 is 0. The molecule has 8 heteroatoms. The molecule has 1 atom stereocenters.